The maximum atomic E-state index is 4.39. The van der Waals surface area contributed by atoms with E-state index < -0.39 is 0 Å². The van der Waals surface area contributed by atoms with E-state index >= 15 is 0 Å². The normalized spacial score (nSPS) is 12.5. The monoisotopic (exact) mass is 224 g/mol. The van der Waals surface area contributed by atoms with Gasteiger partial charge in [-0.3, -0.25) is 0 Å². The van der Waals surface area contributed by atoms with Crippen molar-refractivity contribution in [2.24, 2.45) is 0 Å². The van der Waals surface area contributed by atoms with Crippen molar-refractivity contribution in [1.29, 1.82) is 0 Å². The molecule has 0 saturated heterocycles. The Kier molecular flexibility index (Phi) is 2.14. The fourth-order valence-corrected chi connectivity index (χ4v) is 1.89. The summed E-state index contributed by atoms with van der Waals surface area (Å²) in [5.74, 6) is 0.746. The van der Waals surface area contributed by atoms with E-state index in [1.54, 1.807) is 4.63 Å². The van der Waals surface area contributed by atoms with E-state index in [1.165, 1.54) is 0 Å². The van der Waals surface area contributed by atoms with E-state index in [4.69, 9.17) is 0 Å². The van der Waals surface area contributed by atoms with E-state index in [1.807, 2.05) is 32.0 Å². The first-order chi connectivity index (χ1) is 8.24. The summed E-state index contributed by atoms with van der Waals surface area (Å²) < 4.78 is 1.60. The van der Waals surface area contributed by atoms with E-state index in [2.05, 4.69) is 33.4 Å². The molecule has 17 heavy (non-hydrogen) atoms. The third kappa shape index (κ3) is 1.67. The van der Waals surface area contributed by atoms with Crippen molar-refractivity contribution in [3.63, 3.8) is 0 Å². The van der Waals surface area contributed by atoms with Crippen LogP contribution in [0.5, 0.6) is 0 Å². The Hall–Kier alpha value is -2.23. The Balaban J connectivity index is 2.29. The summed E-state index contributed by atoms with van der Waals surface area (Å²) >= 11 is 0. The lowest BCUT2D eigenvalue weighted by Gasteiger charge is -1.89. The molecule has 3 aromatic rings. The number of hydrogen-bond donors (Lipinski definition) is 0. The third-order valence-corrected chi connectivity index (χ3v) is 2.68. The van der Waals surface area contributed by atoms with E-state index in [0.717, 1.165) is 27.9 Å². The Labute approximate surface area is 98.6 Å². The van der Waals surface area contributed by atoms with Crippen LogP contribution in [-0.4, -0.2) is 19.8 Å². The largest absolute Gasteiger partial charge is 0.210 e. The molecule has 0 bridgehead atoms. The van der Waals surface area contributed by atoms with Gasteiger partial charge in [0.2, 0.25) is 0 Å². The maximum absolute atomic E-state index is 4.39. The Bertz CT molecular complexity index is 713. The highest BCUT2D eigenvalue weighted by molar-refractivity contribution is 5.57. The Morgan fingerprint density at radius 1 is 1.06 bits per heavy atom. The molecule has 0 spiro atoms. The maximum Gasteiger partial charge on any atom is 0.185 e. The summed E-state index contributed by atoms with van der Waals surface area (Å²) in [4.78, 5) is 4.39. The van der Waals surface area contributed by atoms with Crippen LogP contribution in [0.2, 0.25) is 0 Å². The average Bonchev–Trinajstić information content (AvgIpc) is 2.79. The molecule has 0 N–H and O–H groups in total. The van der Waals surface area contributed by atoms with Crippen LogP contribution in [0.1, 0.15) is 17.1 Å². The quantitative estimate of drug-likeness (QED) is 0.625. The Morgan fingerprint density at radius 3 is 2.59 bits per heavy atom. The van der Waals surface area contributed by atoms with Gasteiger partial charge in [0.25, 0.3) is 0 Å². The zero-order chi connectivity index (χ0) is 11.8. The van der Waals surface area contributed by atoms with E-state index in [0.29, 0.717) is 0 Å². The second-order valence-corrected chi connectivity index (χ2v) is 4.03. The van der Waals surface area contributed by atoms with Crippen molar-refractivity contribution < 1.29 is 0 Å². The minimum absolute atomic E-state index is 0.746. The van der Waals surface area contributed by atoms with Crippen LogP contribution in [0.15, 0.2) is 30.3 Å². The highest BCUT2D eigenvalue weighted by Gasteiger charge is 2.07. The summed E-state index contributed by atoms with van der Waals surface area (Å²) in [5.41, 5.74) is 2.92. The van der Waals surface area contributed by atoms with Crippen molar-refractivity contribution in [2.75, 3.05) is 0 Å². The van der Waals surface area contributed by atoms with Crippen molar-refractivity contribution >= 4 is 11.7 Å². The molecular formula is C13H12N4. The zero-order valence-corrected chi connectivity index (χ0v) is 9.75. The van der Waals surface area contributed by atoms with Crippen LogP contribution in [0.4, 0.5) is 0 Å². The van der Waals surface area contributed by atoms with Crippen LogP contribution in [0, 0.1) is 13.8 Å². The number of aryl methyl sites for hydroxylation is 2. The number of fused-ring (bicyclic) bond motifs is 1. The first kappa shape index (κ1) is 9.96. The van der Waals surface area contributed by atoms with Crippen LogP contribution >= 0.6 is 0 Å². The number of hydrogen-bond acceptors (Lipinski definition) is 3. The zero-order valence-electron chi connectivity index (χ0n) is 9.75. The molecule has 4 nitrogen and oxygen atoms in total. The predicted molar refractivity (Wildman–Crippen MR) is 65.5 cm³/mol. The van der Waals surface area contributed by atoms with Gasteiger partial charge in [-0.15, -0.1) is 9.73 Å². The average molecular weight is 224 g/mol. The Morgan fingerprint density at radius 2 is 1.82 bits per heavy atom. The molecule has 0 aliphatic rings. The smallest absolute Gasteiger partial charge is 0.185 e. The first-order valence-electron chi connectivity index (χ1n) is 5.51. The van der Waals surface area contributed by atoms with E-state index in [-0.39, 0.29) is 0 Å². The number of nitrogens with zero attached hydrogens (tertiary/aromatic N) is 4. The predicted octanol–water partition coefficient (Wildman–Crippen LogP) is 1.29. The van der Waals surface area contributed by atoms with Gasteiger partial charge in [0.15, 0.2) is 5.65 Å². The molecule has 84 valence electrons. The number of benzene rings is 1. The van der Waals surface area contributed by atoms with Gasteiger partial charge >= 0.3 is 0 Å². The van der Waals surface area contributed by atoms with Crippen LogP contribution in [0.3, 0.4) is 0 Å². The molecule has 0 saturated carbocycles. The van der Waals surface area contributed by atoms with Crippen LogP contribution in [-0.2, 0) is 0 Å². The molecule has 1 aromatic carbocycles. The van der Waals surface area contributed by atoms with Gasteiger partial charge in [-0.25, -0.2) is 4.98 Å². The molecule has 2 heterocycles. The highest BCUT2D eigenvalue weighted by Crippen LogP contribution is 2.02. The van der Waals surface area contributed by atoms with Gasteiger partial charge < -0.3 is 0 Å². The SMILES string of the molecule is Cc1nc2/c(=C/c3ccccc3)c(C)nn2n1. The first-order valence-corrected chi connectivity index (χ1v) is 5.51. The summed E-state index contributed by atoms with van der Waals surface area (Å²) in [5, 5.41) is 9.59. The number of rotatable bonds is 1. The molecule has 2 aromatic heterocycles. The summed E-state index contributed by atoms with van der Waals surface area (Å²) in [6, 6.07) is 10.2. The molecule has 0 atom stereocenters. The molecule has 0 radical (unpaired) electrons. The van der Waals surface area contributed by atoms with Gasteiger partial charge in [-0.05, 0) is 25.5 Å². The molecular weight excluding hydrogens is 212 g/mol. The molecule has 0 fully saturated rings. The second kappa shape index (κ2) is 3.66. The van der Waals surface area contributed by atoms with Crippen molar-refractivity contribution in [3.8, 4) is 0 Å². The van der Waals surface area contributed by atoms with Gasteiger partial charge in [0.05, 0.1) is 5.69 Å². The summed E-state index contributed by atoms with van der Waals surface area (Å²) in [6.45, 7) is 3.84. The van der Waals surface area contributed by atoms with Gasteiger partial charge in [0, 0.05) is 5.22 Å². The van der Waals surface area contributed by atoms with Crippen molar-refractivity contribution in [3.05, 3.63) is 52.6 Å². The van der Waals surface area contributed by atoms with Gasteiger partial charge in [-0.2, -0.15) is 5.10 Å². The topological polar surface area (TPSA) is 43.1 Å². The molecule has 0 aliphatic carbocycles. The lowest BCUT2D eigenvalue weighted by atomic mass is 10.2. The summed E-state index contributed by atoms with van der Waals surface area (Å²) in [6.07, 6.45) is 2.09. The molecule has 3 rings (SSSR count). The minimum atomic E-state index is 0.746. The fourth-order valence-electron chi connectivity index (χ4n) is 1.89. The van der Waals surface area contributed by atoms with Gasteiger partial charge in [-0.1, -0.05) is 30.3 Å². The molecule has 0 aliphatic heterocycles. The lowest BCUT2D eigenvalue weighted by Crippen LogP contribution is -2.03. The van der Waals surface area contributed by atoms with E-state index in [9.17, 15) is 0 Å². The standard InChI is InChI=1S/C13H12N4/c1-9-12(8-11-6-4-3-5-7-11)13-14-10(2)16-17(13)15-9/h3-8H,1-2H3/b12-8+. The molecule has 4 heteroatoms. The highest BCUT2D eigenvalue weighted by atomic mass is 15.5. The summed E-state index contributed by atoms with van der Waals surface area (Å²) in [7, 11) is 0. The van der Waals surface area contributed by atoms with Crippen molar-refractivity contribution in [2.45, 2.75) is 13.8 Å². The van der Waals surface area contributed by atoms with Gasteiger partial charge in [0.1, 0.15) is 5.82 Å². The fraction of sp³-hybridized carbons (Fsp3) is 0.154. The second-order valence-electron chi connectivity index (χ2n) is 4.03. The van der Waals surface area contributed by atoms with Crippen LogP contribution in [0.25, 0.3) is 11.7 Å². The van der Waals surface area contributed by atoms with Crippen LogP contribution < -0.4 is 5.22 Å². The van der Waals surface area contributed by atoms with Crippen molar-refractivity contribution in [1.82, 2.24) is 19.8 Å². The molecule has 0 unspecified atom stereocenters. The third-order valence-electron chi connectivity index (χ3n) is 2.68. The number of aromatic nitrogens is 4. The lowest BCUT2D eigenvalue weighted by molar-refractivity contribution is 0.793. The minimum Gasteiger partial charge on any atom is -0.210 e. The molecule has 0 amide bonds.